The van der Waals surface area contributed by atoms with Gasteiger partial charge in [-0.25, -0.2) is 14.8 Å². The zero-order valence-corrected chi connectivity index (χ0v) is 21.0. The molecule has 4 N–H and O–H groups in total. The largest absolute Gasteiger partial charge is 0.382 e. The molecular weight excluding hydrogens is 492 g/mol. The number of anilines is 2. The smallest absolute Gasteiger partial charge is 0.356 e. The first-order chi connectivity index (χ1) is 19.1. The summed E-state index contributed by atoms with van der Waals surface area (Å²) in [6, 6.07) is 24.3. The molecule has 39 heavy (non-hydrogen) atoms. The quantitative estimate of drug-likeness (QED) is 0.270. The van der Waals surface area contributed by atoms with E-state index in [1.165, 1.54) is 17.6 Å². The highest BCUT2D eigenvalue weighted by molar-refractivity contribution is 5.96. The van der Waals surface area contributed by atoms with Crippen LogP contribution in [-0.2, 0) is 22.5 Å². The number of carbonyl (C=O) groups excluding carboxylic acids is 2. The first-order valence-electron chi connectivity index (χ1n) is 12.7. The van der Waals surface area contributed by atoms with E-state index < -0.39 is 12.0 Å². The van der Waals surface area contributed by atoms with Gasteiger partial charge in [0.15, 0.2) is 5.82 Å². The molecule has 0 radical (unpaired) electrons. The van der Waals surface area contributed by atoms with Crippen molar-refractivity contribution in [1.82, 2.24) is 20.0 Å². The summed E-state index contributed by atoms with van der Waals surface area (Å²) >= 11 is 0. The molecule has 2 aromatic heterocycles. The van der Waals surface area contributed by atoms with E-state index in [2.05, 4.69) is 25.3 Å². The molecule has 0 saturated heterocycles. The summed E-state index contributed by atoms with van der Waals surface area (Å²) in [4.78, 5) is 39.8. The summed E-state index contributed by atoms with van der Waals surface area (Å²) in [5, 5.41) is 2.93. The van der Waals surface area contributed by atoms with Crippen molar-refractivity contribution >= 4 is 34.4 Å². The second kappa shape index (κ2) is 10.4. The number of nitrogens with zero attached hydrogens (tertiary/aromatic N) is 3. The Morgan fingerprint density at radius 1 is 0.897 bits per heavy atom. The second-order valence-electron chi connectivity index (χ2n) is 9.32. The second-order valence-corrected chi connectivity index (χ2v) is 9.32. The molecule has 194 valence electrons. The van der Waals surface area contributed by atoms with Gasteiger partial charge in [0.05, 0.1) is 11.1 Å². The molecule has 0 saturated carbocycles. The number of nitrogens with one attached hydrogen (secondary N) is 2. The van der Waals surface area contributed by atoms with Gasteiger partial charge in [-0.05, 0) is 66.8 Å². The van der Waals surface area contributed by atoms with Crippen LogP contribution in [0.15, 0.2) is 91.3 Å². The third kappa shape index (κ3) is 4.71. The van der Waals surface area contributed by atoms with Crippen LogP contribution in [-0.4, -0.2) is 26.4 Å². The van der Waals surface area contributed by atoms with Crippen LogP contribution in [0.4, 0.5) is 11.5 Å². The van der Waals surface area contributed by atoms with Crippen LogP contribution in [0.3, 0.4) is 0 Å². The average Bonchev–Trinajstić information content (AvgIpc) is 3.57. The van der Waals surface area contributed by atoms with Crippen molar-refractivity contribution in [3.63, 3.8) is 0 Å². The maximum atomic E-state index is 13.3. The number of nitrogens with two attached hydrogens (primary N) is 1. The zero-order valence-electron chi connectivity index (χ0n) is 21.0. The molecule has 1 aliphatic carbocycles. The number of hydrogen-bond donors (Lipinski definition) is 3. The summed E-state index contributed by atoms with van der Waals surface area (Å²) in [5.41, 5.74) is 15.6. The van der Waals surface area contributed by atoms with Crippen LogP contribution in [0.5, 0.6) is 0 Å². The third-order valence-corrected chi connectivity index (χ3v) is 6.89. The Hall–Kier alpha value is -5.02. The van der Waals surface area contributed by atoms with E-state index in [9.17, 15) is 9.59 Å². The molecule has 0 aliphatic heterocycles. The summed E-state index contributed by atoms with van der Waals surface area (Å²) in [7, 11) is 0. The maximum Gasteiger partial charge on any atom is 0.356 e. The molecule has 1 aliphatic rings. The lowest BCUT2D eigenvalue weighted by Crippen LogP contribution is -2.34. The summed E-state index contributed by atoms with van der Waals surface area (Å²) in [6.45, 7) is 0. The number of hydrogen-bond acceptors (Lipinski definition) is 7. The highest BCUT2D eigenvalue weighted by Gasteiger charge is 2.26. The lowest BCUT2D eigenvalue weighted by atomic mass is 10.1. The molecule has 0 bridgehead atoms. The summed E-state index contributed by atoms with van der Waals surface area (Å²) in [5.74, 6) is -0.517. The van der Waals surface area contributed by atoms with Crippen molar-refractivity contribution in [2.24, 2.45) is 0 Å². The van der Waals surface area contributed by atoms with Gasteiger partial charge in [-0.1, -0.05) is 48.5 Å². The van der Waals surface area contributed by atoms with E-state index in [1.54, 1.807) is 36.4 Å². The Morgan fingerprint density at radius 2 is 1.62 bits per heavy atom. The fraction of sp³-hybridized carbons (Fsp3) is 0.133. The lowest BCUT2D eigenvalue weighted by molar-refractivity contribution is -0.121. The van der Waals surface area contributed by atoms with Crippen molar-refractivity contribution in [2.45, 2.75) is 25.3 Å². The molecule has 5 aromatic rings. The van der Waals surface area contributed by atoms with Crippen LogP contribution in [0.2, 0.25) is 0 Å². The van der Waals surface area contributed by atoms with Gasteiger partial charge in [-0.3, -0.25) is 4.79 Å². The molecule has 9 nitrogen and oxygen atoms in total. The average molecular weight is 519 g/mol. The van der Waals surface area contributed by atoms with Gasteiger partial charge in [0.2, 0.25) is 5.91 Å². The van der Waals surface area contributed by atoms with Crippen LogP contribution in [0, 0.1) is 0 Å². The van der Waals surface area contributed by atoms with E-state index in [-0.39, 0.29) is 5.91 Å². The standard InChI is InChI=1S/C30H26N6O3/c31-28-27-26(32-18-33-28)23-12-7-13-24(23)36(27)22-16-14-21(15-17-22)34-29(37)25(19-8-3-1-4-9-19)35-39-30(38)20-10-5-2-6-11-20/h1-6,8-11,14-18,25,35H,7,12-13H2,(H,34,37)(H2,31,32,33)/t25-/m0/s1. The van der Waals surface area contributed by atoms with E-state index in [0.717, 1.165) is 36.0 Å². The number of aromatic nitrogens is 3. The zero-order chi connectivity index (χ0) is 26.8. The van der Waals surface area contributed by atoms with Gasteiger partial charge in [0.25, 0.3) is 0 Å². The van der Waals surface area contributed by atoms with E-state index in [0.29, 0.717) is 22.6 Å². The third-order valence-electron chi connectivity index (χ3n) is 6.89. The number of carbonyl (C=O) groups is 2. The molecule has 9 heteroatoms. The highest BCUT2D eigenvalue weighted by Crippen LogP contribution is 2.36. The van der Waals surface area contributed by atoms with Crippen LogP contribution in [0.1, 0.15) is 39.6 Å². The number of amides is 1. The van der Waals surface area contributed by atoms with E-state index in [1.807, 2.05) is 48.5 Å². The van der Waals surface area contributed by atoms with Crippen LogP contribution >= 0.6 is 0 Å². The molecule has 0 fully saturated rings. The Kier molecular flexibility index (Phi) is 6.48. The van der Waals surface area contributed by atoms with Gasteiger partial charge >= 0.3 is 5.97 Å². The Bertz CT molecular complexity index is 1650. The van der Waals surface area contributed by atoms with Crippen molar-refractivity contribution in [1.29, 1.82) is 0 Å². The minimum Gasteiger partial charge on any atom is -0.382 e. The normalized spacial score (nSPS) is 13.1. The Morgan fingerprint density at radius 3 is 2.36 bits per heavy atom. The first-order valence-corrected chi connectivity index (χ1v) is 12.7. The van der Waals surface area contributed by atoms with Gasteiger partial charge in [0, 0.05) is 17.1 Å². The minimum absolute atomic E-state index is 0.375. The van der Waals surface area contributed by atoms with Crippen molar-refractivity contribution in [3.8, 4) is 5.69 Å². The van der Waals surface area contributed by atoms with Gasteiger partial charge in [0.1, 0.15) is 17.9 Å². The number of aryl methyl sites for hydroxylation is 1. The summed E-state index contributed by atoms with van der Waals surface area (Å²) in [6.07, 6.45) is 4.48. The SMILES string of the molecule is Nc1ncnc2c3c(n(-c4ccc(NC(=O)[C@@H](NOC(=O)c5ccccc5)c5ccccc5)cc4)c12)CCC3. The predicted molar refractivity (Wildman–Crippen MR) is 148 cm³/mol. The predicted octanol–water partition coefficient (Wildman–Crippen LogP) is 4.53. The fourth-order valence-electron chi connectivity index (χ4n) is 5.06. The van der Waals surface area contributed by atoms with Crippen molar-refractivity contribution in [3.05, 3.63) is 114 Å². The lowest BCUT2D eigenvalue weighted by Gasteiger charge is -2.18. The number of benzene rings is 3. The monoisotopic (exact) mass is 518 g/mol. The fourth-order valence-corrected chi connectivity index (χ4v) is 5.06. The van der Waals surface area contributed by atoms with Crippen LogP contribution < -0.4 is 16.5 Å². The number of nitrogen functional groups attached to an aromatic ring is 1. The topological polar surface area (TPSA) is 124 Å². The maximum absolute atomic E-state index is 13.3. The number of fused-ring (bicyclic) bond motifs is 3. The van der Waals surface area contributed by atoms with Gasteiger partial charge in [-0.15, -0.1) is 5.48 Å². The minimum atomic E-state index is -0.924. The molecule has 3 aromatic carbocycles. The van der Waals surface area contributed by atoms with Crippen molar-refractivity contribution in [2.75, 3.05) is 11.1 Å². The molecule has 0 spiro atoms. The molecule has 0 unspecified atom stereocenters. The Balaban J connectivity index is 1.23. The number of rotatable bonds is 7. The highest BCUT2D eigenvalue weighted by atomic mass is 16.7. The van der Waals surface area contributed by atoms with Crippen LogP contribution in [0.25, 0.3) is 16.7 Å². The Labute approximate surface area is 224 Å². The van der Waals surface area contributed by atoms with E-state index in [4.69, 9.17) is 10.6 Å². The first kappa shape index (κ1) is 24.3. The van der Waals surface area contributed by atoms with Gasteiger partial charge < -0.3 is 20.5 Å². The molecule has 6 rings (SSSR count). The molecular formula is C30H26N6O3. The summed E-state index contributed by atoms with van der Waals surface area (Å²) < 4.78 is 2.12. The molecule has 1 amide bonds. The van der Waals surface area contributed by atoms with Crippen molar-refractivity contribution < 1.29 is 14.4 Å². The number of hydroxylamine groups is 1. The van der Waals surface area contributed by atoms with E-state index >= 15 is 0 Å². The molecule has 1 atom stereocenters. The molecule has 2 heterocycles. The van der Waals surface area contributed by atoms with Gasteiger partial charge in [-0.2, -0.15) is 0 Å².